The van der Waals surface area contributed by atoms with Crippen LogP contribution in [0.4, 0.5) is 5.69 Å². The van der Waals surface area contributed by atoms with E-state index in [0.29, 0.717) is 35.2 Å². The number of nitrogens with zero attached hydrogens (tertiary/aromatic N) is 3. The lowest BCUT2D eigenvalue weighted by molar-refractivity contribution is 0.101. The summed E-state index contributed by atoms with van der Waals surface area (Å²) in [7, 11) is 0. The number of ether oxygens (including phenoxy) is 1. The van der Waals surface area contributed by atoms with Gasteiger partial charge in [0.15, 0.2) is 5.69 Å². The van der Waals surface area contributed by atoms with Gasteiger partial charge in [0.1, 0.15) is 11.5 Å². The fraction of sp³-hybridized carbons (Fsp3) is 0.316. The minimum Gasteiger partial charge on any atom is -0.494 e. The van der Waals surface area contributed by atoms with Gasteiger partial charge in [-0.15, -0.1) is 0 Å². The normalized spacial score (nSPS) is 10.9. The number of rotatable bonds is 6. The first-order chi connectivity index (χ1) is 12.9. The Labute approximate surface area is 162 Å². The van der Waals surface area contributed by atoms with E-state index in [1.807, 2.05) is 20.8 Å². The van der Waals surface area contributed by atoms with Crippen molar-refractivity contribution in [2.75, 3.05) is 11.9 Å². The molecule has 0 saturated carbocycles. The van der Waals surface area contributed by atoms with Crippen LogP contribution in [0.25, 0.3) is 0 Å². The van der Waals surface area contributed by atoms with Crippen LogP contribution in [0.15, 0.2) is 28.8 Å². The van der Waals surface area contributed by atoms with Crippen molar-refractivity contribution in [3.05, 3.63) is 57.7 Å². The highest BCUT2D eigenvalue weighted by molar-refractivity contribution is 6.31. The zero-order valence-electron chi connectivity index (χ0n) is 15.7. The molecule has 3 rings (SSSR count). The van der Waals surface area contributed by atoms with Gasteiger partial charge >= 0.3 is 0 Å². The number of aryl methyl sites for hydroxylation is 2. The molecule has 2 aromatic heterocycles. The lowest BCUT2D eigenvalue weighted by Gasteiger charge is -2.08. The van der Waals surface area contributed by atoms with Gasteiger partial charge in [-0.25, -0.2) is 0 Å². The Kier molecular flexibility index (Phi) is 5.51. The highest BCUT2D eigenvalue weighted by atomic mass is 35.5. The van der Waals surface area contributed by atoms with E-state index in [9.17, 15) is 4.79 Å². The van der Waals surface area contributed by atoms with Gasteiger partial charge in [-0.3, -0.25) is 9.48 Å². The van der Waals surface area contributed by atoms with Crippen LogP contribution in [0.2, 0.25) is 5.02 Å². The third kappa shape index (κ3) is 3.98. The summed E-state index contributed by atoms with van der Waals surface area (Å²) < 4.78 is 12.4. The monoisotopic (exact) mass is 388 g/mol. The van der Waals surface area contributed by atoms with E-state index in [-0.39, 0.29) is 11.6 Å². The lowest BCUT2D eigenvalue weighted by atomic mass is 10.1. The van der Waals surface area contributed by atoms with E-state index in [1.165, 1.54) is 0 Å². The number of hydrogen-bond acceptors (Lipinski definition) is 5. The van der Waals surface area contributed by atoms with Crippen LogP contribution in [0, 0.1) is 20.8 Å². The minimum atomic E-state index is -0.348. The molecule has 0 aliphatic carbocycles. The largest absolute Gasteiger partial charge is 0.494 e. The molecular formula is C19H21ClN4O3. The number of aromatic nitrogens is 3. The maximum atomic E-state index is 12.7. The van der Waals surface area contributed by atoms with Crippen LogP contribution in [-0.2, 0) is 6.54 Å². The zero-order chi connectivity index (χ0) is 19.6. The Morgan fingerprint density at radius 1 is 1.26 bits per heavy atom. The van der Waals surface area contributed by atoms with Gasteiger partial charge in [0.2, 0.25) is 0 Å². The minimum absolute atomic E-state index is 0.227. The Hall–Kier alpha value is -2.80. The third-order valence-electron chi connectivity index (χ3n) is 4.22. The van der Waals surface area contributed by atoms with E-state index in [2.05, 4.69) is 15.6 Å². The van der Waals surface area contributed by atoms with Crippen LogP contribution in [0.3, 0.4) is 0 Å². The van der Waals surface area contributed by atoms with Gasteiger partial charge in [-0.2, -0.15) is 5.10 Å². The standard InChI is InChI=1S/C19H21ClN4O3/c1-5-26-15-8-6-14(7-9-15)21-19(25)18-16(13(4)27-23-18)10-24-12(3)17(20)11(2)22-24/h6-9H,5,10H2,1-4H3,(H,21,25). The molecule has 1 aromatic carbocycles. The molecule has 27 heavy (non-hydrogen) atoms. The van der Waals surface area contributed by atoms with Crippen LogP contribution >= 0.6 is 11.6 Å². The molecule has 8 heteroatoms. The summed E-state index contributed by atoms with van der Waals surface area (Å²) in [6, 6.07) is 7.14. The second kappa shape index (κ2) is 7.84. The number of benzene rings is 1. The highest BCUT2D eigenvalue weighted by Gasteiger charge is 2.22. The zero-order valence-corrected chi connectivity index (χ0v) is 16.4. The number of hydrogen-bond donors (Lipinski definition) is 1. The second-order valence-electron chi connectivity index (χ2n) is 6.12. The molecule has 0 radical (unpaired) electrons. The van der Waals surface area contributed by atoms with Gasteiger partial charge in [0.25, 0.3) is 5.91 Å². The second-order valence-corrected chi connectivity index (χ2v) is 6.50. The lowest BCUT2D eigenvalue weighted by Crippen LogP contribution is -2.16. The quantitative estimate of drug-likeness (QED) is 0.685. The summed E-state index contributed by atoms with van der Waals surface area (Å²) in [5, 5.41) is 11.8. The Morgan fingerprint density at radius 2 is 1.96 bits per heavy atom. The summed E-state index contributed by atoms with van der Waals surface area (Å²) in [6.45, 7) is 8.34. The predicted molar refractivity (Wildman–Crippen MR) is 103 cm³/mol. The Morgan fingerprint density at radius 3 is 2.56 bits per heavy atom. The van der Waals surface area contributed by atoms with Gasteiger partial charge < -0.3 is 14.6 Å². The molecule has 0 atom stereocenters. The van der Waals surface area contributed by atoms with Crippen LogP contribution in [0.1, 0.15) is 40.1 Å². The third-order valence-corrected chi connectivity index (χ3v) is 4.77. The molecule has 0 spiro atoms. The van der Waals surface area contributed by atoms with Crippen molar-refractivity contribution in [1.82, 2.24) is 14.9 Å². The van der Waals surface area contributed by atoms with Crippen molar-refractivity contribution < 1.29 is 14.1 Å². The average Bonchev–Trinajstić information content (AvgIpc) is 3.12. The first-order valence-corrected chi connectivity index (χ1v) is 8.97. The van der Waals surface area contributed by atoms with Gasteiger partial charge in [0, 0.05) is 11.3 Å². The Balaban J connectivity index is 1.80. The smallest absolute Gasteiger partial charge is 0.278 e. The summed E-state index contributed by atoms with van der Waals surface area (Å²) in [5.41, 5.74) is 3.10. The fourth-order valence-corrected chi connectivity index (χ4v) is 2.86. The first-order valence-electron chi connectivity index (χ1n) is 8.59. The SMILES string of the molecule is CCOc1ccc(NC(=O)c2noc(C)c2Cn2nc(C)c(Cl)c2C)cc1. The predicted octanol–water partition coefficient (Wildman–Crippen LogP) is 4.15. The molecule has 0 aliphatic rings. The van der Waals surface area contributed by atoms with Crippen molar-refractivity contribution in [3.8, 4) is 5.75 Å². The molecule has 7 nitrogen and oxygen atoms in total. The molecule has 1 amide bonds. The van der Waals surface area contributed by atoms with Gasteiger partial charge in [0.05, 0.1) is 29.6 Å². The highest BCUT2D eigenvalue weighted by Crippen LogP contribution is 2.23. The molecule has 1 N–H and O–H groups in total. The molecule has 3 aromatic rings. The number of nitrogens with one attached hydrogen (secondary N) is 1. The Bertz CT molecular complexity index is 960. The van der Waals surface area contributed by atoms with Crippen molar-refractivity contribution in [2.45, 2.75) is 34.2 Å². The van der Waals surface area contributed by atoms with E-state index >= 15 is 0 Å². The van der Waals surface area contributed by atoms with Crippen molar-refractivity contribution >= 4 is 23.2 Å². The maximum Gasteiger partial charge on any atom is 0.278 e. The molecular weight excluding hydrogens is 368 g/mol. The summed E-state index contributed by atoms with van der Waals surface area (Å²) in [6.07, 6.45) is 0. The van der Waals surface area contributed by atoms with E-state index in [1.54, 1.807) is 35.9 Å². The van der Waals surface area contributed by atoms with Crippen LogP contribution in [-0.4, -0.2) is 27.5 Å². The topological polar surface area (TPSA) is 82.2 Å². The molecule has 0 fully saturated rings. The first kappa shape index (κ1) is 19.0. The molecule has 2 heterocycles. The number of carbonyl (C=O) groups excluding carboxylic acids is 1. The van der Waals surface area contributed by atoms with Crippen molar-refractivity contribution in [2.24, 2.45) is 0 Å². The van der Waals surface area contributed by atoms with E-state index in [0.717, 1.165) is 17.1 Å². The van der Waals surface area contributed by atoms with Crippen LogP contribution < -0.4 is 10.1 Å². The molecule has 0 bridgehead atoms. The molecule has 0 aliphatic heterocycles. The average molecular weight is 389 g/mol. The van der Waals surface area contributed by atoms with Crippen LogP contribution in [0.5, 0.6) is 5.75 Å². The van der Waals surface area contributed by atoms with Gasteiger partial charge in [-0.05, 0) is 52.0 Å². The summed E-state index contributed by atoms with van der Waals surface area (Å²) >= 11 is 6.21. The number of amides is 1. The maximum absolute atomic E-state index is 12.7. The number of halogens is 1. The fourth-order valence-electron chi connectivity index (χ4n) is 2.73. The molecule has 142 valence electrons. The van der Waals surface area contributed by atoms with E-state index in [4.69, 9.17) is 20.9 Å². The number of anilines is 1. The van der Waals surface area contributed by atoms with Gasteiger partial charge in [-0.1, -0.05) is 16.8 Å². The summed E-state index contributed by atoms with van der Waals surface area (Å²) in [4.78, 5) is 12.7. The number of carbonyl (C=O) groups is 1. The van der Waals surface area contributed by atoms with E-state index < -0.39 is 0 Å². The van der Waals surface area contributed by atoms with Crippen molar-refractivity contribution in [1.29, 1.82) is 0 Å². The molecule has 0 unspecified atom stereocenters. The summed E-state index contributed by atoms with van der Waals surface area (Å²) in [5.74, 6) is 0.962. The van der Waals surface area contributed by atoms with Crippen molar-refractivity contribution in [3.63, 3.8) is 0 Å². The molecule has 0 saturated heterocycles.